The first kappa shape index (κ1) is 29.8. The van der Waals surface area contributed by atoms with E-state index >= 15 is 0 Å². The normalized spacial score (nSPS) is 12.1. The highest BCUT2D eigenvalue weighted by Gasteiger charge is 2.33. The second kappa shape index (κ2) is 12.4. The minimum Gasteiger partial charge on any atom is -0.357 e. The van der Waals surface area contributed by atoms with E-state index in [1.807, 2.05) is 6.92 Å². The van der Waals surface area contributed by atoms with E-state index in [0.29, 0.717) is 26.2 Å². The maximum absolute atomic E-state index is 13.9. The highest BCUT2D eigenvalue weighted by molar-refractivity contribution is 7.92. The second-order valence-corrected chi connectivity index (χ2v) is 11.9. The number of likely N-dealkylation sites (N-methyl/N-ethyl adjacent to an activating group) is 1. The van der Waals surface area contributed by atoms with E-state index in [2.05, 4.69) is 5.32 Å². The number of amides is 2. The second-order valence-electron chi connectivity index (χ2n) is 8.82. The fourth-order valence-corrected chi connectivity index (χ4v) is 5.79. The number of hydrogen-bond acceptors (Lipinski definition) is 4. The third-order valence-corrected chi connectivity index (χ3v) is 8.83. The van der Waals surface area contributed by atoms with Gasteiger partial charge in [0, 0.05) is 18.6 Å². The van der Waals surface area contributed by atoms with Gasteiger partial charge < -0.3 is 10.2 Å². The Bertz CT molecular complexity index is 1450. The lowest BCUT2D eigenvalue weighted by molar-refractivity contribution is -0.139. The summed E-state index contributed by atoms with van der Waals surface area (Å²) in [5.41, 5.74) is 2.37. The number of halogens is 3. The van der Waals surface area contributed by atoms with Crippen molar-refractivity contribution in [3.8, 4) is 0 Å². The average molecular weight is 597 g/mol. The van der Waals surface area contributed by atoms with Gasteiger partial charge in [0.15, 0.2) is 0 Å². The molecule has 3 aromatic rings. The lowest BCUT2D eigenvalue weighted by Crippen LogP contribution is -2.50. The molecule has 7 nitrogen and oxygen atoms in total. The minimum absolute atomic E-state index is 0.00272. The number of rotatable bonds is 9. The van der Waals surface area contributed by atoms with E-state index in [0.717, 1.165) is 9.87 Å². The van der Waals surface area contributed by atoms with Gasteiger partial charge in [-0.25, -0.2) is 8.42 Å². The van der Waals surface area contributed by atoms with E-state index in [4.69, 9.17) is 34.8 Å². The number of aryl methyl sites for hydroxylation is 2. The summed E-state index contributed by atoms with van der Waals surface area (Å²) in [6.07, 6.45) is 0. The minimum atomic E-state index is -4.19. The molecule has 0 heterocycles. The van der Waals surface area contributed by atoms with Crippen molar-refractivity contribution in [2.75, 3.05) is 17.9 Å². The molecule has 0 aliphatic rings. The SMILES string of the molecule is CNC(=O)C(C)N(Cc1ccc(Cl)c(Cl)c1)C(=O)CN(c1cc(Cl)ccc1C)S(=O)(=O)c1ccc(C)cc1. The Morgan fingerprint density at radius 1 is 0.921 bits per heavy atom. The number of carbonyl (C=O) groups excluding carboxylic acids is 2. The highest BCUT2D eigenvalue weighted by Crippen LogP contribution is 2.30. The molecule has 0 radical (unpaired) electrons. The van der Waals surface area contributed by atoms with Gasteiger partial charge in [0.2, 0.25) is 11.8 Å². The smallest absolute Gasteiger partial charge is 0.264 e. The lowest BCUT2D eigenvalue weighted by atomic mass is 10.1. The number of carbonyl (C=O) groups is 2. The zero-order valence-corrected chi connectivity index (χ0v) is 24.4. The van der Waals surface area contributed by atoms with Gasteiger partial charge in [0.25, 0.3) is 10.0 Å². The Hall–Kier alpha value is -2.78. The van der Waals surface area contributed by atoms with E-state index in [1.165, 1.54) is 30.1 Å². The summed E-state index contributed by atoms with van der Waals surface area (Å²) in [5.74, 6) is -1.01. The largest absolute Gasteiger partial charge is 0.357 e. The number of hydrogen-bond donors (Lipinski definition) is 1. The van der Waals surface area contributed by atoms with Crippen molar-refractivity contribution in [3.63, 3.8) is 0 Å². The molecule has 0 aliphatic carbocycles. The van der Waals surface area contributed by atoms with Crippen LogP contribution in [-0.2, 0) is 26.2 Å². The van der Waals surface area contributed by atoms with Crippen LogP contribution in [0.15, 0.2) is 65.6 Å². The van der Waals surface area contributed by atoms with Gasteiger partial charge >= 0.3 is 0 Å². The molecule has 11 heteroatoms. The molecule has 1 unspecified atom stereocenters. The van der Waals surface area contributed by atoms with Crippen LogP contribution in [0.4, 0.5) is 5.69 Å². The molecule has 0 bridgehead atoms. The Labute approximate surface area is 238 Å². The van der Waals surface area contributed by atoms with Crippen LogP contribution in [0, 0.1) is 13.8 Å². The zero-order valence-electron chi connectivity index (χ0n) is 21.3. The van der Waals surface area contributed by atoms with Crippen LogP contribution in [0.1, 0.15) is 23.6 Å². The number of benzene rings is 3. The zero-order chi connectivity index (χ0) is 28.2. The van der Waals surface area contributed by atoms with E-state index < -0.39 is 34.4 Å². The van der Waals surface area contributed by atoms with Crippen LogP contribution in [0.3, 0.4) is 0 Å². The predicted octanol–water partition coefficient (Wildman–Crippen LogP) is 5.62. The van der Waals surface area contributed by atoms with Crippen molar-refractivity contribution in [3.05, 3.63) is 92.4 Å². The Kier molecular flexibility index (Phi) is 9.70. The maximum Gasteiger partial charge on any atom is 0.264 e. The molecule has 202 valence electrons. The monoisotopic (exact) mass is 595 g/mol. The van der Waals surface area contributed by atoms with Crippen molar-refractivity contribution in [2.45, 2.75) is 38.3 Å². The standard InChI is InChI=1S/C27H28Cl3N3O4S/c1-17-5-10-22(11-6-17)38(36,37)33(25-14-21(28)9-7-18(25)2)16-26(34)32(19(3)27(35)31-4)15-20-8-12-23(29)24(30)13-20/h5-14,19H,15-16H2,1-4H3,(H,31,35). The highest BCUT2D eigenvalue weighted by atomic mass is 35.5. The van der Waals surface area contributed by atoms with Crippen molar-refractivity contribution in [1.29, 1.82) is 0 Å². The molecule has 38 heavy (non-hydrogen) atoms. The molecule has 0 aromatic heterocycles. The molecule has 0 saturated heterocycles. The van der Waals surface area contributed by atoms with Gasteiger partial charge in [-0.3, -0.25) is 13.9 Å². The molecular weight excluding hydrogens is 569 g/mol. The van der Waals surface area contributed by atoms with Crippen molar-refractivity contribution in [1.82, 2.24) is 10.2 Å². The van der Waals surface area contributed by atoms with Crippen molar-refractivity contribution >= 4 is 62.3 Å². The molecule has 0 saturated carbocycles. The topological polar surface area (TPSA) is 86.8 Å². The van der Waals surface area contributed by atoms with Gasteiger partial charge in [-0.05, 0) is 68.3 Å². The van der Waals surface area contributed by atoms with Crippen LogP contribution >= 0.6 is 34.8 Å². The molecule has 3 rings (SSSR count). The summed E-state index contributed by atoms with van der Waals surface area (Å²) in [5, 5.41) is 3.49. The van der Waals surface area contributed by atoms with Crippen LogP contribution in [-0.4, -0.2) is 44.8 Å². The summed E-state index contributed by atoms with van der Waals surface area (Å²) in [7, 11) is -2.72. The van der Waals surface area contributed by atoms with Crippen LogP contribution in [0.25, 0.3) is 0 Å². The van der Waals surface area contributed by atoms with Gasteiger partial charge in [-0.15, -0.1) is 0 Å². The van der Waals surface area contributed by atoms with Crippen LogP contribution < -0.4 is 9.62 Å². The molecule has 0 spiro atoms. The number of anilines is 1. The maximum atomic E-state index is 13.9. The molecule has 1 N–H and O–H groups in total. The third-order valence-electron chi connectivity index (χ3n) is 6.08. The van der Waals surface area contributed by atoms with Crippen LogP contribution in [0.2, 0.25) is 15.1 Å². The molecule has 0 aliphatic heterocycles. The third kappa shape index (κ3) is 6.80. The summed E-state index contributed by atoms with van der Waals surface area (Å²) in [6, 6.07) is 15.1. The number of sulfonamides is 1. The van der Waals surface area contributed by atoms with Gasteiger partial charge in [0.05, 0.1) is 20.6 Å². The summed E-state index contributed by atoms with van der Waals surface area (Å²) in [6.45, 7) is 4.57. The fourth-order valence-electron chi connectivity index (χ4n) is 3.83. The quantitative estimate of drug-likeness (QED) is 0.347. The first-order chi connectivity index (χ1) is 17.8. The first-order valence-electron chi connectivity index (χ1n) is 11.7. The van der Waals surface area contributed by atoms with Crippen molar-refractivity contribution in [2.24, 2.45) is 0 Å². The fraction of sp³-hybridized carbons (Fsp3) is 0.259. The van der Waals surface area contributed by atoms with E-state index in [-0.39, 0.29) is 17.1 Å². The van der Waals surface area contributed by atoms with Crippen molar-refractivity contribution < 1.29 is 18.0 Å². The molecular formula is C27H28Cl3N3O4S. The number of nitrogens with one attached hydrogen (secondary N) is 1. The van der Waals surface area contributed by atoms with Crippen LogP contribution in [0.5, 0.6) is 0 Å². The Morgan fingerprint density at radius 2 is 1.58 bits per heavy atom. The Morgan fingerprint density at radius 3 is 2.18 bits per heavy atom. The summed E-state index contributed by atoms with van der Waals surface area (Å²) in [4.78, 5) is 27.7. The first-order valence-corrected chi connectivity index (χ1v) is 14.2. The average Bonchev–Trinajstić information content (AvgIpc) is 2.88. The predicted molar refractivity (Wildman–Crippen MR) is 152 cm³/mol. The van der Waals surface area contributed by atoms with E-state index in [1.54, 1.807) is 56.3 Å². The van der Waals surface area contributed by atoms with Gasteiger partial charge in [0.1, 0.15) is 12.6 Å². The Balaban J connectivity index is 2.08. The molecule has 2 amide bonds. The molecule has 3 aromatic carbocycles. The molecule has 0 fully saturated rings. The van der Waals surface area contributed by atoms with Gasteiger partial charge in [-0.2, -0.15) is 0 Å². The lowest BCUT2D eigenvalue weighted by Gasteiger charge is -2.32. The van der Waals surface area contributed by atoms with E-state index in [9.17, 15) is 18.0 Å². The summed E-state index contributed by atoms with van der Waals surface area (Å²) < 4.78 is 28.8. The van der Waals surface area contributed by atoms with Gasteiger partial charge in [-0.1, -0.05) is 64.6 Å². The molecule has 1 atom stereocenters. The number of nitrogens with zero attached hydrogens (tertiary/aromatic N) is 2. The summed E-state index contributed by atoms with van der Waals surface area (Å²) >= 11 is 18.4.